The predicted octanol–water partition coefficient (Wildman–Crippen LogP) is 1.64. The molecule has 4 nitrogen and oxygen atoms in total. The van der Waals surface area contributed by atoms with Crippen LogP contribution < -0.4 is 10.9 Å². The quantitative estimate of drug-likeness (QED) is 0.433. The molecule has 1 aromatic rings. The molecule has 0 aliphatic rings. The van der Waals surface area contributed by atoms with E-state index >= 15 is 0 Å². The van der Waals surface area contributed by atoms with Gasteiger partial charge in [-0.3, -0.25) is 4.79 Å². The van der Waals surface area contributed by atoms with Crippen molar-refractivity contribution in [2.45, 2.75) is 37.9 Å². The summed E-state index contributed by atoms with van der Waals surface area (Å²) in [6, 6.07) is 1.99. The van der Waals surface area contributed by atoms with Crippen LogP contribution in [0, 0.1) is 0 Å². The van der Waals surface area contributed by atoms with E-state index in [2.05, 4.69) is 29.1 Å². The average Bonchev–Trinajstić information content (AvgIpc) is 2.25. The number of H-pyrrole nitrogens is 1. The molecule has 90 valence electrons. The van der Waals surface area contributed by atoms with Gasteiger partial charge in [-0.25, -0.2) is 4.98 Å². The zero-order valence-corrected chi connectivity index (χ0v) is 10.6. The van der Waals surface area contributed by atoms with Gasteiger partial charge in [0.25, 0.3) is 5.56 Å². The van der Waals surface area contributed by atoms with Crippen LogP contribution in [0.2, 0.25) is 0 Å². The van der Waals surface area contributed by atoms with Gasteiger partial charge in [-0.15, -0.1) is 0 Å². The number of hydrogen-bond acceptors (Lipinski definition) is 4. The van der Waals surface area contributed by atoms with Crippen LogP contribution in [0.3, 0.4) is 0 Å². The van der Waals surface area contributed by atoms with Crippen LogP contribution in [0.25, 0.3) is 0 Å². The molecule has 2 N–H and O–H groups in total. The van der Waals surface area contributed by atoms with Crippen molar-refractivity contribution < 1.29 is 0 Å². The Morgan fingerprint density at radius 2 is 2.44 bits per heavy atom. The number of nitrogens with one attached hydrogen (secondary N) is 2. The second-order valence-corrected chi connectivity index (χ2v) is 4.77. The molecule has 0 aromatic carbocycles. The van der Waals surface area contributed by atoms with Crippen molar-refractivity contribution >= 4 is 11.8 Å². The van der Waals surface area contributed by atoms with Crippen molar-refractivity contribution in [1.29, 1.82) is 0 Å². The molecule has 0 spiro atoms. The maximum Gasteiger partial charge on any atom is 0.251 e. The Kier molecular flexibility index (Phi) is 6.18. The van der Waals surface area contributed by atoms with Crippen LogP contribution in [0.15, 0.2) is 22.2 Å². The van der Waals surface area contributed by atoms with Crippen LogP contribution in [0.4, 0.5) is 0 Å². The molecule has 16 heavy (non-hydrogen) atoms. The van der Waals surface area contributed by atoms with Crippen molar-refractivity contribution in [2.75, 3.05) is 12.3 Å². The van der Waals surface area contributed by atoms with Crippen molar-refractivity contribution in [2.24, 2.45) is 0 Å². The van der Waals surface area contributed by atoms with E-state index in [0.29, 0.717) is 11.2 Å². The standard InChI is InChI=1S/C11H19N3OS/c1-3-12-9(2)5-4-8-16-11-13-7-6-10(15)14-11/h6-7,9,12H,3-5,8H2,1-2H3,(H,13,14,15). The Morgan fingerprint density at radius 3 is 3.12 bits per heavy atom. The monoisotopic (exact) mass is 241 g/mol. The molecule has 0 aliphatic carbocycles. The summed E-state index contributed by atoms with van der Waals surface area (Å²) < 4.78 is 0. The minimum atomic E-state index is -0.0847. The van der Waals surface area contributed by atoms with Crippen LogP contribution in [0.1, 0.15) is 26.7 Å². The highest BCUT2D eigenvalue weighted by Crippen LogP contribution is 2.12. The number of hydrogen-bond donors (Lipinski definition) is 2. The molecule has 0 fully saturated rings. The highest BCUT2D eigenvalue weighted by atomic mass is 32.2. The molecule has 0 amide bonds. The molecular weight excluding hydrogens is 222 g/mol. The minimum absolute atomic E-state index is 0.0847. The molecule has 1 aromatic heterocycles. The topological polar surface area (TPSA) is 57.8 Å². The highest BCUT2D eigenvalue weighted by Gasteiger charge is 2.00. The van der Waals surface area contributed by atoms with E-state index in [0.717, 1.165) is 25.1 Å². The second-order valence-electron chi connectivity index (χ2n) is 3.69. The third-order valence-electron chi connectivity index (χ3n) is 2.22. The fraction of sp³-hybridized carbons (Fsp3) is 0.636. The van der Waals surface area contributed by atoms with E-state index in [1.54, 1.807) is 18.0 Å². The zero-order chi connectivity index (χ0) is 11.8. The number of rotatable bonds is 7. The van der Waals surface area contributed by atoms with Crippen molar-refractivity contribution in [3.8, 4) is 0 Å². The Hall–Kier alpha value is -0.810. The molecule has 0 bridgehead atoms. The van der Waals surface area contributed by atoms with Gasteiger partial charge in [0.05, 0.1) is 0 Å². The third-order valence-corrected chi connectivity index (χ3v) is 3.19. The summed E-state index contributed by atoms with van der Waals surface area (Å²) in [4.78, 5) is 17.8. The summed E-state index contributed by atoms with van der Waals surface area (Å²) in [6.07, 6.45) is 3.82. The summed E-state index contributed by atoms with van der Waals surface area (Å²) >= 11 is 1.60. The number of aromatic nitrogens is 2. The van der Waals surface area contributed by atoms with Crippen molar-refractivity contribution in [1.82, 2.24) is 15.3 Å². The summed E-state index contributed by atoms with van der Waals surface area (Å²) in [5.74, 6) is 0.989. The number of thioether (sulfide) groups is 1. The lowest BCUT2D eigenvalue weighted by Gasteiger charge is -2.10. The molecule has 1 heterocycles. The van der Waals surface area contributed by atoms with Gasteiger partial charge >= 0.3 is 0 Å². The molecule has 0 aliphatic heterocycles. The van der Waals surface area contributed by atoms with E-state index in [9.17, 15) is 4.79 Å². The number of aromatic amines is 1. The fourth-order valence-electron chi connectivity index (χ4n) is 1.43. The first-order chi connectivity index (χ1) is 7.72. The van der Waals surface area contributed by atoms with Gasteiger partial charge in [-0.2, -0.15) is 0 Å². The van der Waals surface area contributed by atoms with Crippen LogP contribution in [-0.4, -0.2) is 28.3 Å². The van der Waals surface area contributed by atoms with Crippen LogP contribution in [-0.2, 0) is 0 Å². The molecular formula is C11H19N3OS. The first-order valence-electron chi connectivity index (χ1n) is 5.64. The van der Waals surface area contributed by atoms with E-state index in [1.807, 2.05) is 0 Å². The smallest absolute Gasteiger partial charge is 0.251 e. The van der Waals surface area contributed by atoms with Gasteiger partial charge in [0.2, 0.25) is 0 Å². The lowest BCUT2D eigenvalue weighted by atomic mass is 10.2. The van der Waals surface area contributed by atoms with Crippen molar-refractivity contribution in [3.05, 3.63) is 22.6 Å². The lowest BCUT2D eigenvalue weighted by molar-refractivity contribution is 0.526. The molecule has 0 saturated heterocycles. The third kappa shape index (κ3) is 5.32. The Balaban J connectivity index is 2.18. The summed E-state index contributed by atoms with van der Waals surface area (Å²) in [6.45, 7) is 5.32. The fourth-order valence-corrected chi connectivity index (χ4v) is 2.25. The minimum Gasteiger partial charge on any atom is -0.315 e. The summed E-state index contributed by atoms with van der Waals surface area (Å²) in [7, 11) is 0. The molecule has 5 heteroatoms. The summed E-state index contributed by atoms with van der Waals surface area (Å²) in [5, 5.41) is 4.08. The molecule has 1 unspecified atom stereocenters. The zero-order valence-electron chi connectivity index (χ0n) is 9.82. The summed E-state index contributed by atoms with van der Waals surface area (Å²) in [5.41, 5.74) is -0.0847. The van der Waals surface area contributed by atoms with E-state index in [4.69, 9.17) is 0 Å². The normalized spacial score (nSPS) is 12.6. The maximum atomic E-state index is 11.0. The van der Waals surface area contributed by atoms with Gasteiger partial charge in [-0.1, -0.05) is 18.7 Å². The van der Waals surface area contributed by atoms with Gasteiger partial charge in [0, 0.05) is 24.1 Å². The molecule has 1 rings (SSSR count). The highest BCUT2D eigenvalue weighted by molar-refractivity contribution is 7.99. The first-order valence-corrected chi connectivity index (χ1v) is 6.62. The van der Waals surface area contributed by atoms with Gasteiger partial charge in [0.15, 0.2) is 5.16 Å². The Labute approximate surface area is 100 Å². The lowest BCUT2D eigenvalue weighted by Crippen LogP contribution is -2.25. The molecule has 0 radical (unpaired) electrons. The molecule has 1 atom stereocenters. The van der Waals surface area contributed by atoms with E-state index < -0.39 is 0 Å². The Bertz CT molecular complexity index is 353. The average molecular weight is 241 g/mol. The second kappa shape index (κ2) is 7.46. The van der Waals surface area contributed by atoms with Gasteiger partial charge in [-0.05, 0) is 26.3 Å². The van der Waals surface area contributed by atoms with Crippen molar-refractivity contribution in [3.63, 3.8) is 0 Å². The predicted molar refractivity (Wildman–Crippen MR) is 68.0 cm³/mol. The first kappa shape index (κ1) is 13.3. The Morgan fingerprint density at radius 1 is 1.62 bits per heavy atom. The maximum absolute atomic E-state index is 11.0. The SMILES string of the molecule is CCNC(C)CCCSc1nccc(=O)[nH]1. The largest absolute Gasteiger partial charge is 0.315 e. The number of nitrogens with zero attached hydrogens (tertiary/aromatic N) is 1. The van der Waals surface area contributed by atoms with Gasteiger partial charge in [0.1, 0.15) is 0 Å². The van der Waals surface area contributed by atoms with Gasteiger partial charge < -0.3 is 10.3 Å². The van der Waals surface area contributed by atoms with Crippen LogP contribution >= 0.6 is 11.8 Å². The van der Waals surface area contributed by atoms with E-state index in [1.165, 1.54) is 6.07 Å². The van der Waals surface area contributed by atoms with Crippen LogP contribution in [0.5, 0.6) is 0 Å². The van der Waals surface area contributed by atoms with E-state index in [-0.39, 0.29) is 5.56 Å². The molecule has 0 saturated carbocycles.